The van der Waals surface area contributed by atoms with Crippen LogP contribution in [0.5, 0.6) is 0 Å². The molecule has 0 unspecified atom stereocenters. The molecule has 6 aromatic heterocycles. The summed E-state index contributed by atoms with van der Waals surface area (Å²) in [5.74, 6) is 3.33. The minimum Gasteiger partial charge on any atom is -0.256 e. The van der Waals surface area contributed by atoms with Crippen molar-refractivity contribution in [3.8, 4) is 90.8 Å². The first kappa shape index (κ1) is 41.0. The maximum atomic E-state index is 5.30. The summed E-state index contributed by atoms with van der Waals surface area (Å²) in [6.07, 6.45) is 7.22. The third-order valence-corrected chi connectivity index (χ3v) is 13.4. The molecule has 0 N–H and O–H groups in total. The number of nitrogens with zero attached hydrogens (tertiary/aromatic N) is 10. The fourth-order valence-corrected chi connectivity index (χ4v) is 9.98. The second kappa shape index (κ2) is 16.9. The van der Waals surface area contributed by atoms with E-state index < -0.39 is 0 Å². The van der Waals surface area contributed by atoms with Gasteiger partial charge in [0.1, 0.15) is 0 Å². The molecule has 14 rings (SSSR count). The van der Waals surface area contributed by atoms with Crippen LogP contribution >= 0.6 is 0 Å². The van der Waals surface area contributed by atoms with Crippen molar-refractivity contribution in [3.63, 3.8) is 0 Å². The highest BCUT2D eigenvalue weighted by Crippen LogP contribution is 2.43. The molecule has 0 saturated heterocycles. The van der Waals surface area contributed by atoms with Gasteiger partial charge in [0.25, 0.3) is 0 Å². The largest absolute Gasteiger partial charge is 0.256 e. The van der Waals surface area contributed by atoms with Crippen LogP contribution in [-0.2, 0) is 0 Å². The summed E-state index contributed by atoms with van der Waals surface area (Å²) < 4.78 is 0. The highest BCUT2D eigenvalue weighted by Gasteiger charge is 2.22. The average molecular weight is 921 g/mol. The van der Waals surface area contributed by atoms with Crippen molar-refractivity contribution in [2.75, 3.05) is 0 Å². The molecule has 0 aliphatic carbocycles. The van der Waals surface area contributed by atoms with Crippen LogP contribution in [0.25, 0.3) is 145 Å². The number of hydrogen-bond donors (Lipinski definition) is 0. The number of benzene rings is 8. The van der Waals surface area contributed by atoms with Gasteiger partial charge in [0, 0.05) is 80.1 Å². The van der Waals surface area contributed by atoms with E-state index in [1.807, 2.05) is 97.1 Å². The predicted molar refractivity (Wildman–Crippen MR) is 287 cm³/mol. The maximum absolute atomic E-state index is 5.30. The van der Waals surface area contributed by atoms with Crippen molar-refractivity contribution in [3.05, 3.63) is 219 Å². The molecule has 0 saturated carbocycles. The highest BCUT2D eigenvalue weighted by molar-refractivity contribution is 6.27. The van der Waals surface area contributed by atoms with Gasteiger partial charge >= 0.3 is 0 Å². The van der Waals surface area contributed by atoms with Gasteiger partial charge in [0.2, 0.25) is 0 Å². The Morgan fingerprint density at radius 3 is 1.08 bits per heavy atom. The van der Waals surface area contributed by atoms with E-state index in [9.17, 15) is 0 Å². The molecule has 0 radical (unpaired) electrons. The summed E-state index contributed by atoms with van der Waals surface area (Å²) in [4.78, 5) is 50.2. The molecule has 0 atom stereocenters. The van der Waals surface area contributed by atoms with Crippen LogP contribution in [0.2, 0.25) is 0 Å². The van der Waals surface area contributed by atoms with Crippen LogP contribution < -0.4 is 0 Å². The van der Waals surface area contributed by atoms with Crippen molar-refractivity contribution < 1.29 is 0 Å². The second-order valence-corrected chi connectivity index (χ2v) is 17.6. The summed E-state index contributed by atoms with van der Waals surface area (Å²) in [6.45, 7) is 0. The van der Waals surface area contributed by atoms with Crippen molar-refractivity contribution in [2.24, 2.45) is 0 Å². The molecule has 334 valence electrons. The molecule has 0 spiro atoms. The SMILES string of the molecule is c1ccc(-c2cccc(-c3nc(-c4cccc(-c5ccccn5)c4)nc(-c4ccc5ccc6c(-c7nc(-c8cccc9ncccc89)nc(-c8cccc9ncccc89)n7)ccc7ccc4c5c76)n3)c2)nc1. The Kier molecular flexibility index (Phi) is 9.59. The molecular formula is C62H36N10. The standard InChI is InChI=1S/C62H36N10/c1-3-31-63-51(19-1)39-11-5-13-41(35-39)57-67-58(42-14-6-12-40(36-42)52-20-2-4-32-64-52)69-61(68-57)49-29-25-37-24-28-46-50(30-26-38-23-27-45(49)55(37)56(38)46)62-71-59(47-15-7-21-53-43(47)17-9-33-65-53)70-60(72-62)48-16-8-22-54-44(48)18-10-34-66-54/h1-36H. The second-order valence-electron chi connectivity index (χ2n) is 17.6. The first-order valence-electron chi connectivity index (χ1n) is 23.6. The summed E-state index contributed by atoms with van der Waals surface area (Å²) in [7, 11) is 0. The molecule has 0 aliphatic heterocycles. The van der Waals surface area contributed by atoms with Crippen LogP contribution in [-0.4, -0.2) is 49.8 Å². The van der Waals surface area contributed by atoms with Gasteiger partial charge in [-0.05, 0) is 105 Å². The normalized spacial score (nSPS) is 11.6. The lowest BCUT2D eigenvalue weighted by molar-refractivity contribution is 1.08. The van der Waals surface area contributed by atoms with Gasteiger partial charge in [0.05, 0.1) is 22.4 Å². The topological polar surface area (TPSA) is 129 Å². The molecule has 0 fully saturated rings. The Morgan fingerprint density at radius 2 is 0.625 bits per heavy atom. The van der Waals surface area contributed by atoms with Gasteiger partial charge in [-0.15, -0.1) is 0 Å². The van der Waals surface area contributed by atoms with Crippen molar-refractivity contribution in [1.29, 1.82) is 0 Å². The van der Waals surface area contributed by atoms with Gasteiger partial charge < -0.3 is 0 Å². The minimum atomic E-state index is 0.550. The smallest absolute Gasteiger partial charge is 0.164 e. The van der Waals surface area contributed by atoms with E-state index in [1.54, 1.807) is 24.8 Å². The summed E-state index contributed by atoms with van der Waals surface area (Å²) in [6, 6.07) is 65.7. The number of aromatic nitrogens is 10. The molecule has 10 nitrogen and oxygen atoms in total. The number of hydrogen-bond acceptors (Lipinski definition) is 10. The molecule has 72 heavy (non-hydrogen) atoms. The highest BCUT2D eigenvalue weighted by atomic mass is 15.0. The van der Waals surface area contributed by atoms with E-state index in [0.29, 0.717) is 34.9 Å². The number of fused-ring (bicyclic) bond motifs is 2. The molecule has 0 amide bonds. The lowest BCUT2D eigenvalue weighted by Crippen LogP contribution is -2.02. The Morgan fingerprint density at radius 1 is 0.236 bits per heavy atom. The third-order valence-electron chi connectivity index (χ3n) is 13.4. The molecule has 0 bridgehead atoms. The van der Waals surface area contributed by atoms with Gasteiger partial charge in [-0.2, -0.15) is 0 Å². The quantitative estimate of drug-likeness (QED) is 0.136. The Bertz CT molecular complexity index is 4200. The molecule has 14 aromatic rings. The van der Waals surface area contributed by atoms with Crippen molar-refractivity contribution in [2.45, 2.75) is 0 Å². The zero-order chi connectivity index (χ0) is 47.5. The lowest BCUT2D eigenvalue weighted by atomic mass is 9.89. The van der Waals surface area contributed by atoms with Crippen LogP contribution in [0.3, 0.4) is 0 Å². The zero-order valence-electron chi connectivity index (χ0n) is 38.3. The molecule has 6 heterocycles. The van der Waals surface area contributed by atoms with Crippen LogP contribution in [0.4, 0.5) is 0 Å². The van der Waals surface area contributed by atoms with Crippen LogP contribution in [0, 0.1) is 0 Å². The monoisotopic (exact) mass is 920 g/mol. The maximum Gasteiger partial charge on any atom is 0.164 e. The van der Waals surface area contributed by atoms with Crippen molar-refractivity contribution >= 4 is 54.1 Å². The first-order chi connectivity index (χ1) is 35.7. The van der Waals surface area contributed by atoms with Crippen molar-refractivity contribution in [1.82, 2.24) is 49.8 Å². The summed E-state index contributed by atoms with van der Waals surface area (Å²) >= 11 is 0. The lowest BCUT2D eigenvalue weighted by Gasteiger charge is -2.17. The fraction of sp³-hybridized carbons (Fsp3) is 0. The van der Waals surface area contributed by atoms with E-state index in [-0.39, 0.29) is 0 Å². The van der Waals surface area contributed by atoms with E-state index in [2.05, 4.69) is 117 Å². The fourth-order valence-electron chi connectivity index (χ4n) is 9.98. The Labute approximate surface area is 411 Å². The number of rotatable bonds is 8. The molecular weight excluding hydrogens is 885 g/mol. The van der Waals surface area contributed by atoms with E-state index in [0.717, 1.165) is 110 Å². The van der Waals surface area contributed by atoms with Gasteiger partial charge in [0.15, 0.2) is 34.9 Å². The van der Waals surface area contributed by atoms with E-state index >= 15 is 0 Å². The first-order valence-corrected chi connectivity index (χ1v) is 23.6. The average Bonchev–Trinajstić information content (AvgIpc) is 3.46. The molecule has 0 aliphatic rings. The Hall–Kier alpha value is -10.1. The molecule has 10 heteroatoms. The van der Waals surface area contributed by atoms with E-state index in [4.69, 9.17) is 29.9 Å². The molecule has 8 aromatic carbocycles. The van der Waals surface area contributed by atoms with Gasteiger partial charge in [-0.25, -0.2) is 29.9 Å². The van der Waals surface area contributed by atoms with E-state index in [1.165, 1.54) is 0 Å². The predicted octanol–water partition coefficient (Wildman–Crippen LogP) is 14.2. The van der Waals surface area contributed by atoms with Gasteiger partial charge in [-0.1, -0.05) is 121 Å². The minimum absolute atomic E-state index is 0.550. The van der Waals surface area contributed by atoms with Crippen LogP contribution in [0.15, 0.2) is 219 Å². The van der Waals surface area contributed by atoms with Crippen LogP contribution in [0.1, 0.15) is 0 Å². The van der Waals surface area contributed by atoms with Gasteiger partial charge in [-0.3, -0.25) is 19.9 Å². The Balaban J connectivity index is 0.974. The third kappa shape index (κ3) is 7.04. The number of pyridine rings is 4. The summed E-state index contributed by atoms with van der Waals surface area (Å²) in [5.41, 5.74) is 10.6. The zero-order valence-corrected chi connectivity index (χ0v) is 38.3. The summed E-state index contributed by atoms with van der Waals surface area (Å²) in [5, 5.41) is 8.31.